The van der Waals surface area contributed by atoms with E-state index in [2.05, 4.69) is 43.5 Å². The number of nitrogens with one attached hydrogen (secondary N) is 2. The smallest absolute Gasteiger partial charge is 0.315 e. The van der Waals surface area contributed by atoms with Crippen LogP contribution >= 0.6 is 0 Å². The Morgan fingerprint density at radius 3 is 2.62 bits per heavy atom. The summed E-state index contributed by atoms with van der Waals surface area (Å²) in [4.78, 5) is 14.3. The molecule has 1 aliphatic carbocycles. The molecule has 0 heterocycles. The third-order valence-corrected chi connectivity index (χ3v) is 4.29. The van der Waals surface area contributed by atoms with E-state index in [-0.39, 0.29) is 23.6 Å². The molecule has 124 valence electrons. The molecule has 1 saturated carbocycles. The van der Waals surface area contributed by atoms with Crippen LogP contribution in [0, 0.1) is 5.41 Å². The number of amides is 2. The van der Waals surface area contributed by atoms with Gasteiger partial charge in [-0.1, -0.05) is 13.8 Å². The normalized spacial score (nSPS) is 24.7. The van der Waals surface area contributed by atoms with Gasteiger partial charge in [0.05, 0.1) is 6.10 Å². The van der Waals surface area contributed by atoms with Gasteiger partial charge in [0.15, 0.2) is 0 Å². The SMILES string of the molecule is CC(O)CC(C)(C)CNC(=O)NC1CCCC(N(C)C)C1. The first-order valence-corrected chi connectivity index (χ1v) is 8.08. The minimum Gasteiger partial charge on any atom is -0.393 e. The summed E-state index contributed by atoms with van der Waals surface area (Å²) in [5.74, 6) is 0. The number of rotatable bonds is 6. The number of hydrogen-bond donors (Lipinski definition) is 3. The molecule has 0 radical (unpaired) electrons. The Labute approximate surface area is 129 Å². The van der Waals surface area contributed by atoms with E-state index < -0.39 is 0 Å². The summed E-state index contributed by atoms with van der Waals surface area (Å²) in [5.41, 5.74) is -0.0930. The van der Waals surface area contributed by atoms with Crippen molar-refractivity contribution in [1.29, 1.82) is 0 Å². The van der Waals surface area contributed by atoms with Crippen molar-refractivity contribution in [2.75, 3.05) is 20.6 Å². The predicted molar refractivity (Wildman–Crippen MR) is 86.3 cm³/mol. The second kappa shape index (κ2) is 7.99. The average Bonchev–Trinajstić information content (AvgIpc) is 2.35. The Morgan fingerprint density at radius 2 is 2.05 bits per heavy atom. The van der Waals surface area contributed by atoms with Crippen molar-refractivity contribution in [2.45, 2.75) is 71.1 Å². The van der Waals surface area contributed by atoms with E-state index in [0.717, 1.165) is 12.8 Å². The van der Waals surface area contributed by atoms with Crippen molar-refractivity contribution in [3.05, 3.63) is 0 Å². The highest BCUT2D eigenvalue weighted by Crippen LogP contribution is 2.22. The Morgan fingerprint density at radius 1 is 1.38 bits per heavy atom. The lowest BCUT2D eigenvalue weighted by molar-refractivity contribution is 0.128. The van der Waals surface area contributed by atoms with Crippen LogP contribution in [-0.2, 0) is 0 Å². The standard InChI is InChI=1S/C16H33N3O2/c1-12(20)10-16(2,3)11-17-15(21)18-13-7-6-8-14(9-13)19(4)5/h12-14,20H,6-11H2,1-5H3,(H2,17,18,21). The fourth-order valence-corrected chi connectivity index (χ4v) is 3.19. The fourth-order valence-electron chi connectivity index (χ4n) is 3.19. The Hall–Kier alpha value is -0.810. The van der Waals surface area contributed by atoms with Gasteiger partial charge < -0.3 is 20.6 Å². The molecule has 0 aromatic heterocycles. The number of carbonyl (C=O) groups is 1. The van der Waals surface area contributed by atoms with Crippen LogP contribution in [0.4, 0.5) is 4.79 Å². The van der Waals surface area contributed by atoms with Crippen molar-refractivity contribution < 1.29 is 9.90 Å². The van der Waals surface area contributed by atoms with Crippen LogP contribution in [0.5, 0.6) is 0 Å². The first-order valence-electron chi connectivity index (χ1n) is 8.08. The van der Waals surface area contributed by atoms with Gasteiger partial charge >= 0.3 is 6.03 Å². The average molecular weight is 299 g/mol. The molecule has 3 unspecified atom stereocenters. The van der Waals surface area contributed by atoms with Crippen LogP contribution < -0.4 is 10.6 Å². The molecule has 3 N–H and O–H groups in total. The van der Waals surface area contributed by atoms with Gasteiger partial charge in [-0.15, -0.1) is 0 Å². The van der Waals surface area contributed by atoms with Crippen molar-refractivity contribution in [3.63, 3.8) is 0 Å². The minimum atomic E-state index is -0.343. The van der Waals surface area contributed by atoms with Gasteiger partial charge in [0.2, 0.25) is 0 Å². The molecule has 0 aliphatic heterocycles. The highest BCUT2D eigenvalue weighted by Gasteiger charge is 2.25. The summed E-state index contributed by atoms with van der Waals surface area (Å²) in [5, 5.41) is 15.5. The highest BCUT2D eigenvalue weighted by atomic mass is 16.3. The van der Waals surface area contributed by atoms with Crippen molar-refractivity contribution >= 4 is 6.03 Å². The van der Waals surface area contributed by atoms with Gasteiger partial charge in [-0.25, -0.2) is 4.79 Å². The topological polar surface area (TPSA) is 64.6 Å². The summed E-state index contributed by atoms with van der Waals surface area (Å²) in [6.07, 6.45) is 4.81. The second-order valence-electron chi connectivity index (χ2n) is 7.53. The Bertz CT molecular complexity index is 329. The first kappa shape index (κ1) is 18.2. The monoisotopic (exact) mass is 299 g/mol. The maximum Gasteiger partial charge on any atom is 0.315 e. The van der Waals surface area contributed by atoms with Crippen molar-refractivity contribution in [2.24, 2.45) is 5.41 Å². The molecule has 2 amide bonds. The fraction of sp³-hybridized carbons (Fsp3) is 0.938. The van der Waals surface area contributed by atoms with Crippen molar-refractivity contribution in [1.82, 2.24) is 15.5 Å². The third kappa shape index (κ3) is 7.14. The lowest BCUT2D eigenvalue weighted by Gasteiger charge is -2.34. The van der Waals surface area contributed by atoms with Crippen LogP contribution in [0.1, 0.15) is 52.9 Å². The lowest BCUT2D eigenvalue weighted by atomic mass is 9.87. The van der Waals surface area contributed by atoms with E-state index in [0.29, 0.717) is 19.0 Å². The largest absolute Gasteiger partial charge is 0.393 e. The number of nitrogens with zero attached hydrogens (tertiary/aromatic N) is 1. The number of urea groups is 1. The van der Waals surface area contributed by atoms with Gasteiger partial charge in [-0.2, -0.15) is 0 Å². The van der Waals surface area contributed by atoms with Crippen LogP contribution in [0.3, 0.4) is 0 Å². The zero-order valence-electron chi connectivity index (χ0n) is 14.3. The van der Waals surface area contributed by atoms with Gasteiger partial charge in [-0.3, -0.25) is 0 Å². The van der Waals surface area contributed by atoms with E-state index in [1.165, 1.54) is 12.8 Å². The van der Waals surface area contributed by atoms with Gasteiger partial charge in [-0.05, 0) is 58.5 Å². The van der Waals surface area contributed by atoms with Gasteiger partial charge in [0, 0.05) is 18.6 Å². The molecule has 0 aromatic carbocycles. The van der Waals surface area contributed by atoms with Crippen LogP contribution in [-0.4, -0.2) is 54.9 Å². The van der Waals surface area contributed by atoms with Crippen molar-refractivity contribution in [3.8, 4) is 0 Å². The Balaban J connectivity index is 2.33. The number of aliphatic hydroxyl groups excluding tert-OH is 1. The zero-order valence-corrected chi connectivity index (χ0v) is 14.3. The van der Waals surface area contributed by atoms with E-state index in [1.807, 2.05) is 0 Å². The molecule has 1 rings (SSSR count). The quantitative estimate of drug-likeness (QED) is 0.702. The summed E-state index contributed by atoms with van der Waals surface area (Å²) >= 11 is 0. The van der Waals surface area contributed by atoms with E-state index >= 15 is 0 Å². The molecule has 0 saturated heterocycles. The summed E-state index contributed by atoms with van der Waals surface area (Å²) < 4.78 is 0. The predicted octanol–water partition coefficient (Wildman–Crippen LogP) is 1.96. The van der Waals surface area contributed by atoms with Gasteiger partial charge in [0.25, 0.3) is 0 Å². The molecule has 5 heteroatoms. The third-order valence-electron chi connectivity index (χ3n) is 4.29. The number of hydrogen-bond acceptors (Lipinski definition) is 3. The number of aliphatic hydroxyl groups is 1. The second-order valence-corrected chi connectivity index (χ2v) is 7.53. The molecule has 0 bridgehead atoms. The molecule has 1 aliphatic rings. The molecular weight excluding hydrogens is 266 g/mol. The number of carbonyl (C=O) groups excluding carboxylic acids is 1. The van der Waals surface area contributed by atoms with Crippen LogP contribution in [0.2, 0.25) is 0 Å². The molecule has 3 atom stereocenters. The molecule has 21 heavy (non-hydrogen) atoms. The van der Waals surface area contributed by atoms with E-state index in [4.69, 9.17) is 0 Å². The Kier molecular flexibility index (Phi) is 6.94. The maximum atomic E-state index is 12.0. The van der Waals surface area contributed by atoms with E-state index in [1.54, 1.807) is 6.92 Å². The molecular formula is C16H33N3O2. The summed E-state index contributed by atoms with van der Waals surface area (Å²) in [7, 11) is 4.21. The molecule has 5 nitrogen and oxygen atoms in total. The first-order chi connectivity index (χ1) is 9.69. The summed E-state index contributed by atoms with van der Waals surface area (Å²) in [6.45, 7) is 6.48. The molecule has 0 aromatic rings. The summed E-state index contributed by atoms with van der Waals surface area (Å²) in [6, 6.07) is 0.750. The van der Waals surface area contributed by atoms with Gasteiger partial charge in [0.1, 0.15) is 0 Å². The lowest BCUT2D eigenvalue weighted by Crippen LogP contribution is -2.48. The van der Waals surface area contributed by atoms with E-state index in [9.17, 15) is 9.90 Å². The minimum absolute atomic E-state index is 0.0851. The molecule has 0 spiro atoms. The maximum absolute atomic E-state index is 12.0. The zero-order chi connectivity index (χ0) is 16.0. The van der Waals surface area contributed by atoms with Crippen LogP contribution in [0.25, 0.3) is 0 Å². The van der Waals surface area contributed by atoms with Crippen LogP contribution in [0.15, 0.2) is 0 Å². The molecule has 1 fully saturated rings. The highest BCUT2D eigenvalue weighted by molar-refractivity contribution is 5.74.